The number of carbonyl (C=O) groups is 2. The van der Waals surface area contributed by atoms with Gasteiger partial charge in [0.05, 0.1) is 23.2 Å². The molecule has 0 unspecified atom stereocenters. The van der Waals surface area contributed by atoms with Crippen LogP contribution in [0.5, 0.6) is 0 Å². The van der Waals surface area contributed by atoms with E-state index in [4.69, 9.17) is 4.98 Å². The van der Waals surface area contributed by atoms with E-state index in [2.05, 4.69) is 12.2 Å². The van der Waals surface area contributed by atoms with Gasteiger partial charge in [-0.05, 0) is 31.4 Å². The molecule has 7 nitrogen and oxygen atoms in total. The SMILES string of the molecule is CCCc1nc2ccccc2n1CC(=O)N1CC[C@H](NC(=O)C(C)C)[C@@H](O)CC1. The van der Waals surface area contributed by atoms with Gasteiger partial charge in [0, 0.05) is 25.4 Å². The summed E-state index contributed by atoms with van der Waals surface area (Å²) in [6.07, 6.45) is 2.16. The molecule has 0 saturated carbocycles. The molecule has 0 radical (unpaired) electrons. The van der Waals surface area contributed by atoms with Crippen LogP contribution in [-0.2, 0) is 22.6 Å². The van der Waals surface area contributed by atoms with Crippen LogP contribution in [-0.4, -0.2) is 56.6 Å². The third-order valence-electron chi connectivity index (χ3n) is 5.57. The fourth-order valence-electron chi connectivity index (χ4n) is 3.81. The molecule has 2 amide bonds. The maximum atomic E-state index is 13.1. The van der Waals surface area contributed by atoms with Crippen LogP contribution in [0.1, 0.15) is 45.9 Å². The van der Waals surface area contributed by atoms with Gasteiger partial charge in [0.15, 0.2) is 0 Å². The quantitative estimate of drug-likeness (QED) is 0.777. The van der Waals surface area contributed by atoms with Crippen LogP contribution in [0.4, 0.5) is 0 Å². The van der Waals surface area contributed by atoms with Crippen molar-refractivity contribution in [2.75, 3.05) is 13.1 Å². The van der Waals surface area contributed by atoms with Gasteiger partial charge in [-0.1, -0.05) is 32.9 Å². The molecular formula is C22H32N4O3. The summed E-state index contributed by atoms with van der Waals surface area (Å²) in [6, 6.07) is 7.58. The van der Waals surface area contributed by atoms with Gasteiger partial charge < -0.3 is 19.9 Å². The predicted octanol–water partition coefficient (Wildman–Crippen LogP) is 2.11. The molecule has 1 aliphatic rings. The van der Waals surface area contributed by atoms with Gasteiger partial charge in [-0.15, -0.1) is 0 Å². The Labute approximate surface area is 172 Å². The zero-order chi connectivity index (χ0) is 21.0. The van der Waals surface area contributed by atoms with E-state index in [1.807, 2.05) is 42.7 Å². The van der Waals surface area contributed by atoms with Crippen molar-refractivity contribution in [3.05, 3.63) is 30.1 Å². The second kappa shape index (κ2) is 9.39. The van der Waals surface area contributed by atoms with Gasteiger partial charge in [0.1, 0.15) is 12.4 Å². The molecule has 7 heteroatoms. The van der Waals surface area contributed by atoms with Crippen LogP contribution in [0.3, 0.4) is 0 Å². The molecule has 1 aromatic heterocycles. The summed E-state index contributed by atoms with van der Waals surface area (Å²) in [4.78, 5) is 31.6. The third-order valence-corrected chi connectivity index (χ3v) is 5.57. The van der Waals surface area contributed by atoms with Crippen molar-refractivity contribution in [3.8, 4) is 0 Å². The Bertz CT molecular complexity index is 861. The van der Waals surface area contributed by atoms with Crippen molar-refractivity contribution in [2.45, 2.75) is 65.1 Å². The Balaban J connectivity index is 1.71. The lowest BCUT2D eigenvalue weighted by molar-refractivity contribution is -0.131. The van der Waals surface area contributed by atoms with Crippen molar-refractivity contribution >= 4 is 22.8 Å². The van der Waals surface area contributed by atoms with E-state index in [9.17, 15) is 14.7 Å². The minimum absolute atomic E-state index is 0.0218. The van der Waals surface area contributed by atoms with Crippen molar-refractivity contribution in [1.29, 1.82) is 0 Å². The minimum atomic E-state index is -0.639. The normalized spacial score (nSPS) is 20.1. The molecule has 2 N–H and O–H groups in total. The Kier molecular flexibility index (Phi) is 6.90. The van der Waals surface area contributed by atoms with E-state index in [0.717, 1.165) is 29.7 Å². The maximum Gasteiger partial charge on any atom is 0.242 e. The lowest BCUT2D eigenvalue weighted by Crippen LogP contribution is -2.44. The highest BCUT2D eigenvalue weighted by Crippen LogP contribution is 2.19. The molecule has 1 fully saturated rings. The number of hydrogen-bond donors (Lipinski definition) is 2. The molecule has 2 atom stereocenters. The number of carbonyl (C=O) groups excluding carboxylic acids is 2. The van der Waals surface area contributed by atoms with Crippen LogP contribution >= 0.6 is 0 Å². The van der Waals surface area contributed by atoms with Crippen molar-refractivity contribution in [1.82, 2.24) is 19.8 Å². The number of aryl methyl sites for hydroxylation is 1. The number of aliphatic hydroxyl groups excluding tert-OH is 1. The number of hydrogen-bond acceptors (Lipinski definition) is 4. The number of nitrogens with zero attached hydrogens (tertiary/aromatic N) is 3. The number of aromatic nitrogens is 2. The highest BCUT2D eigenvalue weighted by molar-refractivity contribution is 5.81. The highest BCUT2D eigenvalue weighted by atomic mass is 16.3. The zero-order valence-electron chi connectivity index (χ0n) is 17.6. The number of imidazole rings is 1. The predicted molar refractivity (Wildman–Crippen MR) is 112 cm³/mol. The molecule has 0 bridgehead atoms. The fraction of sp³-hybridized carbons (Fsp3) is 0.591. The van der Waals surface area contributed by atoms with Crippen LogP contribution in [0, 0.1) is 5.92 Å². The third kappa shape index (κ3) is 4.96. The maximum absolute atomic E-state index is 13.1. The van der Waals surface area contributed by atoms with E-state index in [1.54, 1.807) is 4.90 Å². The zero-order valence-corrected chi connectivity index (χ0v) is 17.6. The number of aliphatic hydroxyl groups is 1. The second-order valence-electron chi connectivity index (χ2n) is 8.15. The van der Waals surface area contributed by atoms with E-state index in [0.29, 0.717) is 25.9 Å². The monoisotopic (exact) mass is 400 g/mol. The van der Waals surface area contributed by atoms with Gasteiger partial charge in [0.25, 0.3) is 0 Å². The summed E-state index contributed by atoms with van der Waals surface area (Å²) in [7, 11) is 0. The minimum Gasteiger partial charge on any atom is -0.391 e. The molecule has 2 heterocycles. The van der Waals surface area contributed by atoms with Gasteiger partial charge >= 0.3 is 0 Å². The smallest absolute Gasteiger partial charge is 0.242 e. The fourth-order valence-corrected chi connectivity index (χ4v) is 3.81. The molecular weight excluding hydrogens is 368 g/mol. The largest absolute Gasteiger partial charge is 0.391 e. The first kappa shape index (κ1) is 21.3. The van der Waals surface area contributed by atoms with E-state index >= 15 is 0 Å². The van der Waals surface area contributed by atoms with Gasteiger partial charge in [-0.25, -0.2) is 4.98 Å². The number of rotatable bonds is 6. The molecule has 2 aromatic rings. The standard InChI is InChI=1S/C22H32N4O3/c1-4-7-20-23-16-8-5-6-9-18(16)26(20)14-21(28)25-12-10-17(19(27)11-13-25)24-22(29)15(2)3/h5-6,8-9,15,17,19,27H,4,7,10-14H2,1-3H3,(H,24,29)/t17-,19-/m0/s1. The number of nitrogens with one attached hydrogen (secondary N) is 1. The van der Waals surface area contributed by atoms with Crippen molar-refractivity contribution in [3.63, 3.8) is 0 Å². The molecule has 3 rings (SSSR count). The number of benzene rings is 1. The van der Waals surface area contributed by atoms with Crippen LogP contribution < -0.4 is 5.32 Å². The van der Waals surface area contributed by atoms with Gasteiger partial charge in [-0.2, -0.15) is 0 Å². The molecule has 1 aliphatic heterocycles. The average Bonchev–Trinajstić information content (AvgIpc) is 2.92. The Morgan fingerprint density at radius 1 is 1.24 bits per heavy atom. The van der Waals surface area contributed by atoms with E-state index in [-0.39, 0.29) is 30.3 Å². The second-order valence-corrected chi connectivity index (χ2v) is 8.15. The first-order chi connectivity index (χ1) is 13.9. The molecule has 1 saturated heterocycles. The summed E-state index contributed by atoms with van der Waals surface area (Å²) in [5.41, 5.74) is 1.88. The topological polar surface area (TPSA) is 87.5 Å². The molecule has 1 aromatic carbocycles. The first-order valence-electron chi connectivity index (χ1n) is 10.6. The van der Waals surface area contributed by atoms with Crippen LogP contribution in [0.2, 0.25) is 0 Å². The van der Waals surface area contributed by atoms with Crippen LogP contribution in [0.15, 0.2) is 24.3 Å². The number of amides is 2. The van der Waals surface area contributed by atoms with Gasteiger partial charge in [-0.3, -0.25) is 9.59 Å². The first-order valence-corrected chi connectivity index (χ1v) is 10.6. The Morgan fingerprint density at radius 3 is 2.69 bits per heavy atom. The van der Waals surface area contributed by atoms with E-state index < -0.39 is 6.10 Å². The molecule has 0 aliphatic carbocycles. The lowest BCUT2D eigenvalue weighted by atomic mass is 10.1. The Morgan fingerprint density at radius 2 is 1.97 bits per heavy atom. The highest BCUT2D eigenvalue weighted by Gasteiger charge is 2.29. The molecule has 0 spiro atoms. The Hall–Kier alpha value is -2.41. The lowest BCUT2D eigenvalue weighted by Gasteiger charge is -2.22. The van der Waals surface area contributed by atoms with Gasteiger partial charge in [0.2, 0.25) is 11.8 Å². The average molecular weight is 401 g/mol. The summed E-state index contributed by atoms with van der Waals surface area (Å²) in [5.74, 6) is 0.755. The molecule has 158 valence electrons. The number of para-hydroxylation sites is 2. The summed E-state index contributed by atoms with van der Waals surface area (Å²) >= 11 is 0. The summed E-state index contributed by atoms with van der Waals surface area (Å²) < 4.78 is 2.01. The summed E-state index contributed by atoms with van der Waals surface area (Å²) in [6.45, 7) is 7.02. The number of fused-ring (bicyclic) bond motifs is 1. The number of likely N-dealkylation sites (tertiary alicyclic amines) is 1. The summed E-state index contributed by atoms with van der Waals surface area (Å²) in [5, 5.41) is 13.3. The molecule has 29 heavy (non-hydrogen) atoms. The van der Waals surface area contributed by atoms with E-state index in [1.165, 1.54) is 0 Å². The van der Waals surface area contributed by atoms with Crippen LogP contribution in [0.25, 0.3) is 11.0 Å². The van der Waals surface area contributed by atoms with Crippen molar-refractivity contribution in [2.24, 2.45) is 5.92 Å². The van der Waals surface area contributed by atoms with Crippen molar-refractivity contribution < 1.29 is 14.7 Å².